The highest BCUT2D eigenvalue weighted by Gasteiger charge is 2.10. The molecule has 1 aromatic rings. The molecule has 0 unspecified atom stereocenters. The van der Waals surface area contributed by atoms with E-state index in [1.165, 1.54) is 0 Å². The highest BCUT2D eigenvalue weighted by molar-refractivity contribution is 5.85. The van der Waals surface area contributed by atoms with E-state index in [2.05, 4.69) is 6.58 Å². The Kier molecular flexibility index (Phi) is 5.82. The summed E-state index contributed by atoms with van der Waals surface area (Å²) in [6.45, 7) is 3.63. The van der Waals surface area contributed by atoms with E-state index in [1.54, 1.807) is 31.4 Å². The van der Waals surface area contributed by atoms with Gasteiger partial charge in [0.15, 0.2) is 0 Å². The zero-order valence-electron chi connectivity index (χ0n) is 8.64. The second kappa shape index (κ2) is 6.32. The molecule has 0 aliphatic heterocycles. The minimum Gasteiger partial charge on any atom is -0.508 e. The molecule has 1 atom stereocenters. The summed E-state index contributed by atoms with van der Waals surface area (Å²) in [5, 5.41) is 9.24. The summed E-state index contributed by atoms with van der Waals surface area (Å²) in [5.74, 6) is 0.788. The molecule has 3 nitrogen and oxygen atoms in total. The van der Waals surface area contributed by atoms with E-state index < -0.39 is 0 Å². The predicted molar refractivity (Wildman–Crippen MR) is 63.6 cm³/mol. The van der Waals surface area contributed by atoms with Gasteiger partial charge in [-0.1, -0.05) is 12.1 Å². The van der Waals surface area contributed by atoms with Gasteiger partial charge in [0.25, 0.3) is 0 Å². The minimum atomic E-state index is -0.136. The lowest BCUT2D eigenvalue weighted by molar-refractivity contribution is 0.399. The highest BCUT2D eigenvalue weighted by Crippen LogP contribution is 2.29. The van der Waals surface area contributed by atoms with Crippen molar-refractivity contribution in [3.05, 3.63) is 36.4 Å². The summed E-state index contributed by atoms with van der Waals surface area (Å²) in [6, 6.07) is 4.78. The molecule has 0 bridgehead atoms. The smallest absolute Gasteiger partial charge is 0.127 e. The van der Waals surface area contributed by atoms with E-state index >= 15 is 0 Å². The topological polar surface area (TPSA) is 55.5 Å². The second-order valence-corrected chi connectivity index (χ2v) is 3.06. The van der Waals surface area contributed by atoms with Crippen LogP contribution in [0.2, 0.25) is 0 Å². The number of rotatable bonds is 4. The second-order valence-electron chi connectivity index (χ2n) is 3.06. The first-order chi connectivity index (χ1) is 6.69. The van der Waals surface area contributed by atoms with Crippen LogP contribution in [0, 0.1) is 0 Å². The summed E-state index contributed by atoms with van der Waals surface area (Å²) in [4.78, 5) is 0. The summed E-state index contributed by atoms with van der Waals surface area (Å²) in [6.07, 6.45) is 2.44. The van der Waals surface area contributed by atoms with Crippen molar-refractivity contribution in [1.82, 2.24) is 0 Å². The Labute approximate surface area is 96.0 Å². The molecule has 0 aromatic heterocycles. The van der Waals surface area contributed by atoms with Crippen LogP contribution in [0.3, 0.4) is 0 Å². The van der Waals surface area contributed by atoms with Crippen molar-refractivity contribution in [3.63, 3.8) is 0 Å². The zero-order chi connectivity index (χ0) is 10.6. The number of nitrogens with two attached hydrogens (primary N) is 1. The third-order valence-electron chi connectivity index (χ3n) is 2.04. The van der Waals surface area contributed by atoms with Gasteiger partial charge in [0, 0.05) is 17.7 Å². The molecule has 0 aliphatic rings. The summed E-state index contributed by atoms with van der Waals surface area (Å²) in [5.41, 5.74) is 6.78. The number of hydrogen-bond donors (Lipinski definition) is 2. The quantitative estimate of drug-likeness (QED) is 0.780. The van der Waals surface area contributed by atoms with Gasteiger partial charge in [-0.3, -0.25) is 0 Å². The highest BCUT2D eigenvalue weighted by atomic mass is 35.5. The monoisotopic (exact) mass is 229 g/mol. The molecule has 84 valence electrons. The van der Waals surface area contributed by atoms with Gasteiger partial charge in [0.05, 0.1) is 7.11 Å². The Morgan fingerprint density at radius 3 is 2.80 bits per heavy atom. The van der Waals surface area contributed by atoms with Crippen molar-refractivity contribution in [1.29, 1.82) is 0 Å². The summed E-state index contributed by atoms with van der Waals surface area (Å²) >= 11 is 0. The maximum absolute atomic E-state index is 9.24. The Morgan fingerprint density at radius 2 is 2.27 bits per heavy atom. The molecule has 0 fully saturated rings. The lowest BCUT2D eigenvalue weighted by Gasteiger charge is -2.14. The van der Waals surface area contributed by atoms with Crippen molar-refractivity contribution in [2.24, 2.45) is 5.73 Å². The van der Waals surface area contributed by atoms with E-state index in [0.717, 1.165) is 5.56 Å². The van der Waals surface area contributed by atoms with Gasteiger partial charge in [-0.05, 0) is 12.5 Å². The molecule has 15 heavy (non-hydrogen) atoms. The number of ether oxygens (including phenoxy) is 1. The third-order valence-corrected chi connectivity index (χ3v) is 2.04. The van der Waals surface area contributed by atoms with Crippen LogP contribution in [0.1, 0.15) is 18.0 Å². The van der Waals surface area contributed by atoms with E-state index in [-0.39, 0.29) is 24.2 Å². The largest absolute Gasteiger partial charge is 0.508 e. The van der Waals surface area contributed by atoms with Gasteiger partial charge in [0.2, 0.25) is 0 Å². The van der Waals surface area contributed by atoms with Gasteiger partial charge in [-0.25, -0.2) is 0 Å². The van der Waals surface area contributed by atoms with E-state index in [9.17, 15) is 5.11 Å². The standard InChI is InChI=1S/C11H15NO2.ClH/c1-3-4-10(12)9-6-5-8(13)7-11(9)14-2;/h3,5-7,10,13H,1,4,12H2,2H3;1H/t10-;/m1./s1. The molecular weight excluding hydrogens is 214 g/mol. The third kappa shape index (κ3) is 3.46. The minimum absolute atomic E-state index is 0. The van der Waals surface area contributed by atoms with Crippen LogP contribution in [0.15, 0.2) is 30.9 Å². The molecular formula is C11H16ClNO2. The van der Waals surface area contributed by atoms with Crippen molar-refractivity contribution < 1.29 is 9.84 Å². The van der Waals surface area contributed by atoms with Crippen molar-refractivity contribution in [2.45, 2.75) is 12.5 Å². The Hall–Kier alpha value is -1.19. The molecule has 0 saturated carbocycles. The zero-order valence-corrected chi connectivity index (χ0v) is 9.46. The molecule has 1 rings (SSSR count). The maximum atomic E-state index is 9.24. The van der Waals surface area contributed by atoms with Crippen LogP contribution in [0.5, 0.6) is 11.5 Å². The average Bonchev–Trinajstić information content (AvgIpc) is 2.17. The van der Waals surface area contributed by atoms with E-state index in [4.69, 9.17) is 10.5 Å². The number of aromatic hydroxyl groups is 1. The number of phenolic OH excluding ortho intramolecular Hbond substituents is 1. The fraction of sp³-hybridized carbons (Fsp3) is 0.273. The van der Waals surface area contributed by atoms with Crippen LogP contribution in [0.4, 0.5) is 0 Å². The SMILES string of the molecule is C=CC[C@@H](N)c1ccc(O)cc1OC.Cl. The Morgan fingerprint density at radius 1 is 1.60 bits per heavy atom. The van der Waals surface area contributed by atoms with Crippen LogP contribution in [-0.2, 0) is 0 Å². The molecule has 0 saturated heterocycles. The predicted octanol–water partition coefficient (Wildman–Crippen LogP) is 2.40. The van der Waals surface area contributed by atoms with Crippen LogP contribution in [0.25, 0.3) is 0 Å². The van der Waals surface area contributed by atoms with Gasteiger partial charge in [-0.2, -0.15) is 0 Å². The van der Waals surface area contributed by atoms with Gasteiger partial charge >= 0.3 is 0 Å². The van der Waals surface area contributed by atoms with E-state index in [0.29, 0.717) is 12.2 Å². The molecule has 1 aromatic carbocycles. The molecule has 3 N–H and O–H groups in total. The molecule has 0 aliphatic carbocycles. The first-order valence-corrected chi connectivity index (χ1v) is 4.42. The van der Waals surface area contributed by atoms with Crippen LogP contribution in [-0.4, -0.2) is 12.2 Å². The molecule has 4 heteroatoms. The van der Waals surface area contributed by atoms with Crippen LogP contribution < -0.4 is 10.5 Å². The first kappa shape index (κ1) is 13.8. The maximum Gasteiger partial charge on any atom is 0.127 e. The van der Waals surface area contributed by atoms with Crippen molar-refractivity contribution >= 4 is 12.4 Å². The Balaban J connectivity index is 0.00000196. The normalized spacial score (nSPS) is 11.3. The van der Waals surface area contributed by atoms with Gasteiger partial charge in [-0.15, -0.1) is 19.0 Å². The number of hydrogen-bond acceptors (Lipinski definition) is 3. The number of phenols is 1. The van der Waals surface area contributed by atoms with Crippen LogP contribution >= 0.6 is 12.4 Å². The molecule has 0 heterocycles. The summed E-state index contributed by atoms with van der Waals surface area (Å²) in [7, 11) is 1.55. The number of benzene rings is 1. The number of halogens is 1. The van der Waals surface area contributed by atoms with Gasteiger partial charge in [0.1, 0.15) is 11.5 Å². The Bertz CT molecular complexity index is 328. The summed E-state index contributed by atoms with van der Waals surface area (Å²) < 4.78 is 5.12. The fourth-order valence-electron chi connectivity index (χ4n) is 1.31. The number of methoxy groups -OCH3 is 1. The molecule has 0 amide bonds. The fourth-order valence-corrected chi connectivity index (χ4v) is 1.31. The lowest BCUT2D eigenvalue weighted by atomic mass is 10.0. The average molecular weight is 230 g/mol. The van der Waals surface area contributed by atoms with Gasteiger partial charge < -0.3 is 15.6 Å². The molecule has 0 spiro atoms. The van der Waals surface area contributed by atoms with E-state index in [1.807, 2.05) is 0 Å². The van der Waals surface area contributed by atoms with Crippen molar-refractivity contribution in [3.8, 4) is 11.5 Å². The molecule has 0 radical (unpaired) electrons. The lowest BCUT2D eigenvalue weighted by Crippen LogP contribution is -2.10. The first-order valence-electron chi connectivity index (χ1n) is 4.42. The van der Waals surface area contributed by atoms with Crippen molar-refractivity contribution in [2.75, 3.05) is 7.11 Å².